The number of nitrogens with zero attached hydrogens (tertiary/aromatic N) is 4. The number of amides is 2. The Hall–Kier alpha value is -4.06. The van der Waals surface area contributed by atoms with Gasteiger partial charge in [0.2, 0.25) is 5.91 Å². The molecule has 3 aromatic rings. The lowest BCUT2D eigenvalue weighted by atomic mass is 10.1. The Balaban J connectivity index is 1.26. The Morgan fingerprint density at radius 1 is 1.10 bits per heavy atom. The molecule has 2 aliphatic rings. The zero-order chi connectivity index (χ0) is 28.4. The number of aromatic nitrogens is 1. The molecule has 1 fully saturated rings. The Morgan fingerprint density at radius 3 is 2.52 bits per heavy atom. The number of carbonyl (C=O) groups is 4. The van der Waals surface area contributed by atoms with E-state index < -0.39 is 42.8 Å². The van der Waals surface area contributed by atoms with Gasteiger partial charge >= 0.3 is 5.97 Å². The number of rotatable bonds is 10. The van der Waals surface area contributed by atoms with Gasteiger partial charge in [0.25, 0.3) is 5.91 Å². The molecule has 1 aromatic heterocycles. The number of anilines is 2. The minimum Gasteiger partial charge on any atom is -0.481 e. The summed E-state index contributed by atoms with van der Waals surface area (Å²) in [5, 5.41) is 12.5. The van der Waals surface area contributed by atoms with Crippen molar-refractivity contribution < 1.29 is 28.7 Å². The number of aliphatic carboxylic acids is 1. The third-order valence-corrected chi connectivity index (χ3v) is 8.33. The monoisotopic (exact) mass is 567 g/mol. The highest BCUT2D eigenvalue weighted by molar-refractivity contribution is 7.13. The predicted molar refractivity (Wildman–Crippen MR) is 150 cm³/mol. The summed E-state index contributed by atoms with van der Waals surface area (Å²) in [5.74, 6) is -2.34. The summed E-state index contributed by atoms with van der Waals surface area (Å²) in [7, 11) is 0. The van der Waals surface area contributed by atoms with Gasteiger partial charge < -0.3 is 25.1 Å². The molecule has 10 nitrogen and oxygen atoms in total. The van der Waals surface area contributed by atoms with Crippen molar-refractivity contribution >= 4 is 56.7 Å². The first-order chi connectivity index (χ1) is 19.3. The molecule has 1 saturated heterocycles. The van der Waals surface area contributed by atoms with Crippen LogP contribution in [0.4, 0.5) is 15.9 Å². The van der Waals surface area contributed by atoms with Crippen LogP contribution >= 0.6 is 11.5 Å². The number of halogens is 1. The Kier molecular flexibility index (Phi) is 7.97. The number of fused-ring (bicyclic) bond motifs is 2. The van der Waals surface area contributed by atoms with Crippen molar-refractivity contribution in [3.63, 3.8) is 0 Å². The molecule has 0 bridgehead atoms. The van der Waals surface area contributed by atoms with Crippen molar-refractivity contribution in [2.75, 3.05) is 42.7 Å². The first-order valence-corrected chi connectivity index (χ1v) is 14.0. The molecule has 2 unspecified atom stereocenters. The van der Waals surface area contributed by atoms with Crippen LogP contribution in [-0.4, -0.2) is 82.9 Å². The van der Waals surface area contributed by atoms with Crippen molar-refractivity contribution in [2.24, 2.45) is 0 Å². The van der Waals surface area contributed by atoms with E-state index in [0.29, 0.717) is 5.56 Å². The normalized spacial score (nSPS) is 16.6. The fourth-order valence-corrected chi connectivity index (χ4v) is 6.16. The van der Waals surface area contributed by atoms with E-state index in [1.54, 1.807) is 6.92 Å². The molecule has 0 radical (unpaired) electrons. The number of piperazine rings is 1. The Bertz CT molecular complexity index is 1450. The van der Waals surface area contributed by atoms with Crippen molar-refractivity contribution in [2.45, 2.75) is 38.4 Å². The maximum atomic E-state index is 13.4. The van der Waals surface area contributed by atoms with Gasteiger partial charge in [0.15, 0.2) is 5.78 Å². The van der Waals surface area contributed by atoms with Crippen LogP contribution in [0.1, 0.15) is 35.7 Å². The molecular weight excluding hydrogens is 537 g/mol. The standard InChI is InChI=1S/C28H30FN5O5S/c1-2-22(27(38)30-21(14-25(36)37)23(35)15-29)34-16-17-7-8-18(13-20(17)28(34)39)32-9-11-33(12-10-32)26-19-5-3-4-6-24(19)40-31-26/h3-8,13,21-22H,2,9-12,14-16H2,1H3,(H,30,38)(H,36,37). The highest BCUT2D eigenvalue weighted by Crippen LogP contribution is 2.32. The smallest absolute Gasteiger partial charge is 0.305 e. The third kappa shape index (κ3) is 5.35. The maximum Gasteiger partial charge on any atom is 0.305 e. The van der Waals surface area contributed by atoms with Crippen LogP contribution in [-0.2, 0) is 20.9 Å². The number of carbonyl (C=O) groups excluding carboxylic acids is 3. The zero-order valence-electron chi connectivity index (χ0n) is 22.0. The number of Topliss-reactive ketones (excluding diaryl/α,β-unsaturated/α-hetero) is 1. The van der Waals surface area contributed by atoms with Gasteiger partial charge in [-0.1, -0.05) is 25.1 Å². The molecule has 2 N–H and O–H groups in total. The third-order valence-electron chi connectivity index (χ3n) is 7.51. The van der Waals surface area contributed by atoms with Gasteiger partial charge in [-0.25, -0.2) is 4.39 Å². The first-order valence-electron chi connectivity index (χ1n) is 13.2. The molecule has 2 aliphatic heterocycles. The van der Waals surface area contributed by atoms with Gasteiger partial charge in [-0.2, -0.15) is 4.37 Å². The molecule has 0 aliphatic carbocycles. The summed E-state index contributed by atoms with van der Waals surface area (Å²) in [4.78, 5) is 55.3. The average molecular weight is 568 g/mol. The second-order valence-corrected chi connectivity index (χ2v) is 10.7. The molecule has 2 atom stereocenters. The SMILES string of the molecule is CCC(C(=O)NC(CC(=O)O)C(=O)CF)N1Cc2ccc(N3CCN(c4nsc5ccccc45)CC3)cc2C1=O. The quantitative estimate of drug-likeness (QED) is 0.384. The number of nitrogens with one attached hydrogen (secondary N) is 1. The van der Waals surface area contributed by atoms with E-state index in [-0.39, 0.29) is 18.9 Å². The van der Waals surface area contributed by atoms with Crippen LogP contribution in [0.25, 0.3) is 10.1 Å². The van der Waals surface area contributed by atoms with E-state index in [9.17, 15) is 23.6 Å². The molecule has 3 heterocycles. The lowest BCUT2D eigenvalue weighted by Crippen LogP contribution is -2.52. The lowest BCUT2D eigenvalue weighted by molar-refractivity contribution is -0.140. The van der Waals surface area contributed by atoms with Gasteiger partial charge in [0, 0.05) is 49.4 Å². The van der Waals surface area contributed by atoms with E-state index in [4.69, 9.17) is 5.11 Å². The number of hydrogen-bond acceptors (Lipinski definition) is 8. The highest BCUT2D eigenvalue weighted by Gasteiger charge is 2.37. The van der Waals surface area contributed by atoms with Crippen molar-refractivity contribution in [1.82, 2.24) is 14.6 Å². The highest BCUT2D eigenvalue weighted by atomic mass is 32.1. The maximum absolute atomic E-state index is 13.4. The molecule has 2 amide bonds. The van der Waals surface area contributed by atoms with Crippen LogP contribution in [0.15, 0.2) is 42.5 Å². The molecule has 210 valence electrons. The molecule has 40 heavy (non-hydrogen) atoms. The Morgan fingerprint density at radius 2 is 1.82 bits per heavy atom. The number of carboxylic acid groups (broad SMARTS) is 1. The second-order valence-electron chi connectivity index (χ2n) is 9.93. The van der Waals surface area contributed by atoms with Crippen LogP contribution < -0.4 is 15.1 Å². The van der Waals surface area contributed by atoms with Gasteiger partial charge in [-0.3, -0.25) is 19.2 Å². The van der Waals surface area contributed by atoms with E-state index >= 15 is 0 Å². The molecule has 12 heteroatoms. The van der Waals surface area contributed by atoms with E-state index in [1.165, 1.54) is 16.4 Å². The van der Waals surface area contributed by atoms with Gasteiger partial charge in [0.1, 0.15) is 24.6 Å². The van der Waals surface area contributed by atoms with Crippen LogP contribution in [0.5, 0.6) is 0 Å². The molecular formula is C28H30FN5O5S. The van der Waals surface area contributed by atoms with Gasteiger partial charge in [0.05, 0.1) is 11.1 Å². The summed E-state index contributed by atoms with van der Waals surface area (Å²) in [6.45, 7) is 3.65. The average Bonchev–Trinajstić information content (AvgIpc) is 3.53. The molecule has 5 rings (SSSR count). The second kappa shape index (κ2) is 11.6. The van der Waals surface area contributed by atoms with Crippen molar-refractivity contribution in [3.05, 3.63) is 53.6 Å². The fourth-order valence-electron chi connectivity index (χ4n) is 5.37. The van der Waals surface area contributed by atoms with E-state index in [1.807, 2.05) is 30.3 Å². The van der Waals surface area contributed by atoms with Gasteiger partial charge in [-0.15, -0.1) is 0 Å². The fraction of sp³-hybridized carbons (Fsp3) is 0.393. The zero-order valence-corrected chi connectivity index (χ0v) is 22.8. The van der Waals surface area contributed by atoms with Crippen molar-refractivity contribution in [3.8, 4) is 0 Å². The first kappa shape index (κ1) is 27.5. The lowest BCUT2D eigenvalue weighted by Gasteiger charge is -2.36. The predicted octanol–water partition coefficient (Wildman–Crippen LogP) is 2.86. The minimum absolute atomic E-state index is 0.214. The number of hydrogen-bond donors (Lipinski definition) is 2. The van der Waals surface area contributed by atoms with E-state index in [0.717, 1.165) is 53.3 Å². The molecule has 2 aromatic carbocycles. The summed E-state index contributed by atoms with van der Waals surface area (Å²) in [6.07, 6.45) is -0.482. The molecule has 0 saturated carbocycles. The molecule has 0 spiro atoms. The summed E-state index contributed by atoms with van der Waals surface area (Å²) in [5.41, 5.74) is 2.22. The summed E-state index contributed by atoms with van der Waals surface area (Å²) < 4.78 is 18.8. The van der Waals surface area contributed by atoms with Crippen LogP contribution in [0.2, 0.25) is 0 Å². The summed E-state index contributed by atoms with van der Waals surface area (Å²) in [6, 6.07) is 11.5. The number of benzene rings is 2. The minimum atomic E-state index is -1.49. The van der Waals surface area contributed by atoms with E-state index in [2.05, 4.69) is 31.6 Å². The summed E-state index contributed by atoms with van der Waals surface area (Å²) >= 11 is 1.50. The number of carboxylic acids is 1. The number of alkyl halides is 1. The van der Waals surface area contributed by atoms with Crippen molar-refractivity contribution in [1.29, 1.82) is 0 Å². The topological polar surface area (TPSA) is 123 Å². The number of ketones is 1. The van der Waals surface area contributed by atoms with Crippen LogP contribution in [0, 0.1) is 0 Å². The Labute approximate surface area is 234 Å². The largest absolute Gasteiger partial charge is 0.481 e. The van der Waals surface area contributed by atoms with Gasteiger partial charge in [-0.05, 0) is 47.8 Å². The van der Waals surface area contributed by atoms with Crippen LogP contribution in [0.3, 0.4) is 0 Å².